The molecule has 1 aliphatic rings. The second kappa shape index (κ2) is 8.80. The second-order valence-corrected chi connectivity index (χ2v) is 8.39. The number of nitrogens with zero attached hydrogens (tertiary/aromatic N) is 5. The molecule has 0 unspecified atom stereocenters. The molecule has 10 nitrogen and oxygen atoms in total. The van der Waals surface area contributed by atoms with Gasteiger partial charge in [-0.05, 0) is 55.3 Å². The average molecular weight is 450 g/mol. The molecular weight excluding hydrogens is 422 g/mol. The molecule has 172 valence electrons. The van der Waals surface area contributed by atoms with E-state index < -0.39 is 0 Å². The summed E-state index contributed by atoms with van der Waals surface area (Å²) in [7, 11) is 1.71. The number of aryl methyl sites for hydroxylation is 3. The molecular formula is C23H27N7O3. The van der Waals surface area contributed by atoms with Crippen molar-refractivity contribution in [3.63, 3.8) is 0 Å². The van der Waals surface area contributed by atoms with Crippen LogP contribution in [0.1, 0.15) is 23.4 Å². The number of hydrogen-bond acceptors (Lipinski definition) is 9. The Labute approximate surface area is 191 Å². The summed E-state index contributed by atoms with van der Waals surface area (Å²) in [6.45, 7) is 7.24. The Bertz CT molecular complexity index is 1280. The minimum atomic E-state index is 0.0157. The molecule has 5 rings (SSSR count). The lowest BCUT2D eigenvalue weighted by atomic mass is 10.1. The fourth-order valence-electron chi connectivity index (χ4n) is 4.07. The van der Waals surface area contributed by atoms with E-state index in [1.165, 1.54) is 0 Å². The van der Waals surface area contributed by atoms with Gasteiger partial charge >= 0.3 is 0 Å². The smallest absolute Gasteiger partial charge is 0.262 e. The molecule has 2 atom stereocenters. The third-order valence-corrected chi connectivity index (χ3v) is 5.90. The summed E-state index contributed by atoms with van der Waals surface area (Å²) in [6.07, 6.45) is 2.78. The number of pyridine rings is 1. The van der Waals surface area contributed by atoms with Crippen molar-refractivity contribution in [1.82, 2.24) is 30.3 Å². The Kier molecular flexibility index (Phi) is 5.69. The van der Waals surface area contributed by atoms with Crippen molar-refractivity contribution in [3.05, 3.63) is 47.5 Å². The number of methoxy groups -OCH3 is 1. The summed E-state index contributed by atoms with van der Waals surface area (Å²) >= 11 is 0. The first-order chi connectivity index (χ1) is 16.0. The largest absolute Gasteiger partial charge is 0.470 e. The van der Waals surface area contributed by atoms with Gasteiger partial charge in [0.2, 0.25) is 0 Å². The zero-order chi connectivity index (χ0) is 22.9. The van der Waals surface area contributed by atoms with E-state index in [-0.39, 0.29) is 12.1 Å². The van der Waals surface area contributed by atoms with Gasteiger partial charge in [0.15, 0.2) is 11.6 Å². The van der Waals surface area contributed by atoms with Crippen molar-refractivity contribution < 1.29 is 14.0 Å². The lowest BCUT2D eigenvalue weighted by Crippen LogP contribution is -2.26. The van der Waals surface area contributed by atoms with Crippen LogP contribution in [-0.4, -0.2) is 57.4 Å². The SMILES string of the molecule is COC[C@@H]1C[C@H](Oc2noc(C)c2-c2ccn3nc(Nc4cc(C)c(C)nn4)cc3c2)CN1. The Morgan fingerprint density at radius 1 is 1.18 bits per heavy atom. The number of fused-ring (bicyclic) bond motifs is 1. The summed E-state index contributed by atoms with van der Waals surface area (Å²) in [4.78, 5) is 0. The maximum atomic E-state index is 6.20. The van der Waals surface area contributed by atoms with E-state index in [1.54, 1.807) is 11.6 Å². The predicted octanol–water partition coefficient (Wildman–Crippen LogP) is 3.20. The van der Waals surface area contributed by atoms with Crippen molar-refractivity contribution in [2.24, 2.45) is 0 Å². The minimum Gasteiger partial charge on any atom is -0.470 e. The van der Waals surface area contributed by atoms with Crippen LogP contribution >= 0.6 is 0 Å². The standard InChI is InChI=1S/C23H27N7O3/c1-13-7-20(27-26-14(13)2)25-21-10-18-8-16(5-6-30(18)28-21)22-15(3)33-29-23(22)32-19-9-17(12-31-4)24-11-19/h5-8,10,17,19,24H,9,11-12H2,1-4H3,(H,25,27,28)/t17-,19-/m0/s1. The maximum absolute atomic E-state index is 6.20. The molecule has 0 aromatic carbocycles. The molecule has 33 heavy (non-hydrogen) atoms. The average Bonchev–Trinajstić information content (AvgIpc) is 3.49. The van der Waals surface area contributed by atoms with Crippen molar-refractivity contribution >= 4 is 17.2 Å². The number of aromatic nitrogens is 5. The summed E-state index contributed by atoms with van der Waals surface area (Å²) in [5, 5.41) is 23.7. The van der Waals surface area contributed by atoms with E-state index in [1.807, 2.05) is 51.2 Å². The lowest BCUT2D eigenvalue weighted by molar-refractivity contribution is 0.161. The highest BCUT2D eigenvalue weighted by molar-refractivity contribution is 5.75. The molecule has 2 N–H and O–H groups in total. The fraction of sp³-hybridized carbons (Fsp3) is 0.391. The van der Waals surface area contributed by atoms with Crippen LogP contribution in [0.2, 0.25) is 0 Å². The van der Waals surface area contributed by atoms with Crippen LogP contribution in [0.5, 0.6) is 5.88 Å². The van der Waals surface area contributed by atoms with E-state index >= 15 is 0 Å². The van der Waals surface area contributed by atoms with Gasteiger partial charge in [-0.25, -0.2) is 4.52 Å². The van der Waals surface area contributed by atoms with Gasteiger partial charge in [0.25, 0.3) is 5.88 Å². The summed E-state index contributed by atoms with van der Waals surface area (Å²) in [5.41, 5.74) is 4.70. The van der Waals surface area contributed by atoms with Gasteiger partial charge < -0.3 is 24.6 Å². The molecule has 5 heterocycles. The first-order valence-corrected chi connectivity index (χ1v) is 10.9. The molecule has 0 saturated carbocycles. The van der Waals surface area contributed by atoms with Gasteiger partial charge in [0.1, 0.15) is 11.9 Å². The molecule has 0 bridgehead atoms. The minimum absolute atomic E-state index is 0.0157. The van der Waals surface area contributed by atoms with Crippen LogP contribution in [0, 0.1) is 20.8 Å². The Morgan fingerprint density at radius 3 is 2.88 bits per heavy atom. The van der Waals surface area contributed by atoms with Gasteiger partial charge in [0, 0.05) is 38.4 Å². The molecule has 0 spiro atoms. The van der Waals surface area contributed by atoms with E-state index in [2.05, 4.69) is 31.1 Å². The normalized spacial score (nSPS) is 18.2. The van der Waals surface area contributed by atoms with E-state index in [0.717, 1.165) is 40.9 Å². The number of ether oxygens (including phenoxy) is 2. The monoisotopic (exact) mass is 449 g/mol. The van der Waals surface area contributed by atoms with E-state index in [9.17, 15) is 0 Å². The molecule has 4 aromatic rings. The molecule has 0 radical (unpaired) electrons. The topological polar surface area (TPSA) is 112 Å². The quantitative estimate of drug-likeness (QED) is 0.439. The highest BCUT2D eigenvalue weighted by atomic mass is 16.5. The fourth-order valence-corrected chi connectivity index (χ4v) is 4.07. The van der Waals surface area contributed by atoms with Crippen molar-refractivity contribution in [3.8, 4) is 17.0 Å². The van der Waals surface area contributed by atoms with Crippen molar-refractivity contribution in [2.45, 2.75) is 39.3 Å². The molecule has 4 aromatic heterocycles. The third kappa shape index (κ3) is 4.39. The molecule has 1 saturated heterocycles. The zero-order valence-electron chi connectivity index (χ0n) is 19.1. The van der Waals surface area contributed by atoms with Gasteiger partial charge in [-0.1, -0.05) is 0 Å². The van der Waals surface area contributed by atoms with Crippen LogP contribution in [0.3, 0.4) is 0 Å². The molecule has 1 aliphatic heterocycles. The Balaban J connectivity index is 1.38. The zero-order valence-corrected chi connectivity index (χ0v) is 19.1. The van der Waals surface area contributed by atoms with Crippen LogP contribution in [0.15, 0.2) is 35.0 Å². The molecule has 10 heteroatoms. The van der Waals surface area contributed by atoms with Crippen molar-refractivity contribution in [2.75, 3.05) is 25.6 Å². The summed E-state index contributed by atoms with van der Waals surface area (Å²) < 4.78 is 18.7. The van der Waals surface area contributed by atoms with Crippen LogP contribution < -0.4 is 15.4 Å². The first kappa shape index (κ1) is 21.4. The van der Waals surface area contributed by atoms with Crippen LogP contribution in [-0.2, 0) is 4.74 Å². The Morgan fingerprint density at radius 2 is 2.06 bits per heavy atom. The summed E-state index contributed by atoms with van der Waals surface area (Å²) in [5.74, 6) is 2.55. The molecule has 1 fully saturated rings. The van der Waals surface area contributed by atoms with Gasteiger partial charge in [-0.3, -0.25) is 0 Å². The molecule has 0 amide bonds. The Hall–Kier alpha value is -3.50. The second-order valence-electron chi connectivity index (χ2n) is 8.39. The predicted molar refractivity (Wildman–Crippen MR) is 123 cm³/mol. The highest BCUT2D eigenvalue weighted by Gasteiger charge is 2.28. The number of nitrogens with one attached hydrogen (secondary N) is 2. The van der Waals surface area contributed by atoms with Crippen LogP contribution in [0.4, 0.5) is 11.6 Å². The summed E-state index contributed by atoms with van der Waals surface area (Å²) in [6, 6.07) is 8.22. The van der Waals surface area contributed by atoms with E-state index in [0.29, 0.717) is 29.9 Å². The van der Waals surface area contributed by atoms with E-state index in [4.69, 9.17) is 14.0 Å². The van der Waals surface area contributed by atoms with Gasteiger partial charge in [0.05, 0.1) is 23.4 Å². The van der Waals surface area contributed by atoms with Gasteiger partial charge in [-0.15, -0.1) is 5.10 Å². The molecule has 0 aliphatic carbocycles. The van der Waals surface area contributed by atoms with Crippen LogP contribution in [0.25, 0.3) is 16.6 Å². The van der Waals surface area contributed by atoms with Crippen molar-refractivity contribution in [1.29, 1.82) is 0 Å². The number of hydrogen-bond donors (Lipinski definition) is 2. The first-order valence-electron chi connectivity index (χ1n) is 10.9. The van der Waals surface area contributed by atoms with Gasteiger partial charge in [-0.2, -0.15) is 10.2 Å². The number of anilines is 2. The lowest BCUT2D eigenvalue weighted by Gasteiger charge is -2.12. The highest BCUT2D eigenvalue weighted by Crippen LogP contribution is 2.35. The third-order valence-electron chi connectivity index (χ3n) is 5.90. The number of rotatable bonds is 7. The maximum Gasteiger partial charge on any atom is 0.262 e.